The van der Waals surface area contributed by atoms with Crippen LogP contribution in [0.5, 0.6) is 0 Å². The van der Waals surface area contributed by atoms with Gasteiger partial charge in [0.15, 0.2) is 11.0 Å². The van der Waals surface area contributed by atoms with E-state index in [1.165, 1.54) is 11.8 Å². The second-order valence-electron chi connectivity index (χ2n) is 5.94. The molecule has 0 saturated heterocycles. The molecule has 0 unspecified atom stereocenters. The summed E-state index contributed by atoms with van der Waals surface area (Å²) in [5, 5.41) is 12.4. The summed E-state index contributed by atoms with van der Waals surface area (Å²) in [4.78, 5) is 12.4. The number of nitrogens with zero attached hydrogens (tertiary/aromatic N) is 3. The summed E-state index contributed by atoms with van der Waals surface area (Å²) in [6.07, 6.45) is 0. The van der Waals surface area contributed by atoms with Crippen LogP contribution in [-0.2, 0) is 11.8 Å². The van der Waals surface area contributed by atoms with E-state index in [9.17, 15) is 4.79 Å². The van der Waals surface area contributed by atoms with E-state index >= 15 is 0 Å². The lowest BCUT2D eigenvalue weighted by molar-refractivity contribution is -0.115. The maximum Gasteiger partial charge on any atom is 0.237 e. The fourth-order valence-corrected chi connectivity index (χ4v) is 3.41. The number of amides is 1. The summed E-state index contributed by atoms with van der Waals surface area (Å²) >= 11 is 7.24. The fourth-order valence-electron chi connectivity index (χ4n) is 2.46. The van der Waals surface area contributed by atoms with Crippen LogP contribution in [0.2, 0.25) is 5.02 Å². The summed E-state index contributed by atoms with van der Waals surface area (Å²) in [6, 6.07) is 15.1. The lowest BCUT2D eigenvalue weighted by Gasteiger charge is -2.12. The molecule has 5 nitrogen and oxygen atoms in total. The highest BCUT2D eigenvalue weighted by atomic mass is 35.5. The Bertz CT molecular complexity index is 924. The van der Waals surface area contributed by atoms with Crippen LogP contribution in [0.4, 0.5) is 5.69 Å². The van der Waals surface area contributed by atoms with Crippen molar-refractivity contribution in [3.05, 3.63) is 59.1 Å². The Morgan fingerprint density at radius 2 is 1.85 bits per heavy atom. The van der Waals surface area contributed by atoms with E-state index < -0.39 is 0 Å². The lowest BCUT2D eigenvalue weighted by atomic mass is 10.1. The molecule has 1 heterocycles. The molecule has 0 fully saturated rings. The number of halogens is 1. The Morgan fingerprint density at radius 3 is 2.54 bits per heavy atom. The van der Waals surface area contributed by atoms with Gasteiger partial charge in [0, 0.05) is 23.3 Å². The molecule has 3 rings (SSSR count). The Balaban J connectivity index is 1.71. The van der Waals surface area contributed by atoms with E-state index in [1.54, 1.807) is 24.3 Å². The third-order valence-corrected chi connectivity index (χ3v) is 5.37. The monoisotopic (exact) mass is 386 g/mol. The molecule has 0 saturated carbocycles. The molecule has 2 aromatic carbocycles. The van der Waals surface area contributed by atoms with Crippen molar-refractivity contribution in [1.29, 1.82) is 0 Å². The van der Waals surface area contributed by atoms with Crippen LogP contribution in [0.3, 0.4) is 0 Å². The predicted octanol–water partition coefficient (Wildman–Crippen LogP) is 4.56. The minimum atomic E-state index is -0.321. The average Bonchev–Trinajstić information content (AvgIpc) is 2.98. The number of benzene rings is 2. The van der Waals surface area contributed by atoms with Crippen LogP contribution in [0.1, 0.15) is 12.5 Å². The second-order valence-corrected chi connectivity index (χ2v) is 7.68. The summed E-state index contributed by atoms with van der Waals surface area (Å²) in [5.74, 6) is 0.689. The summed E-state index contributed by atoms with van der Waals surface area (Å²) < 4.78 is 1.92. The highest BCUT2D eigenvalue weighted by Gasteiger charge is 2.20. The third-order valence-electron chi connectivity index (χ3n) is 3.98. The van der Waals surface area contributed by atoms with Crippen LogP contribution in [-0.4, -0.2) is 25.9 Å². The van der Waals surface area contributed by atoms with Gasteiger partial charge in [-0.15, -0.1) is 10.2 Å². The molecule has 0 spiro atoms. The molecular formula is C19H19ClN4OS. The third kappa shape index (κ3) is 4.08. The van der Waals surface area contributed by atoms with Gasteiger partial charge in [-0.25, -0.2) is 0 Å². The van der Waals surface area contributed by atoms with Crippen molar-refractivity contribution in [2.45, 2.75) is 24.3 Å². The van der Waals surface area contributed by atoms with Crippen LogP contribution in [0.15, 0.2) is 53.7 Å². The van der Waals surface area contributed by atoms with E-state index in [0.717, 1.165) is 17.0 Å². The molecule has 0 aliphatic rings. The van der Waals surface area contributed by atoms with Crippen molar-refractivity contribution in [1.82, 2.24) is 14.8 Å². The first-order valence-corrected chi connectivity index (χ1v) is 9.40. The van der Waals surface area contributed by atoms with Crippen molar-refractivity contribution >= 4 is 35.0 Å². The van der Waals surface area contributed by atoms with Gasteiger partial charge in [0.05, 0.1) is 5.25 Å². The molecular weight excluding hydrogens is 368 g/mol. The van der Waals surface area contributed by atoms with Crippen molar-refractivity contribution < 1.29 is 4.79 Å². The van der Waals surface area contributed by atoms with Gasteiger partial charge >= 0.3 is 0 Å². The van der Waals surface area contributed by atoms with Gasteiger partial charge in [-0.2, -0.15) is 0 Å². The number of hydrogen-bond donors (Lipinski definition) is 1. The van der Waals surface area contributed by atoms with Crippen LogP contribution >= 0.6 is 23.4 Å². The zero-order chi connectivity index (χ0) is 18.7. The molecule has 26 heavy (non-hydrogen) atoms. The second kappa shape index (κ2) is 7.93. The number of carbonyl (C=O) groups is 1. The first-order valence-electron chi connectivity index (χ1n) is 8.14. The fraction of sp³-hybridized carbons (Fsp3) is 0.211. The maximum atomic E-state index is 12.4. The number of anilines is 1. The van der Waals surface area contributed by atoms with Crippen molar-refractivity contribution in [3.63, 3.8) is 0 Å². The van der Waals surface area contributed by atoms with Gasteiger partial charge in [-0.05, 0) is 43.7 Å². The van der Waals surface area contributed by atoms with Crippen molar-refractivity contribution in [2.24, 2.45) is 7.05 Å². The zero-order valence-corrected chi connectivity index (χ0v) is 16.3. The SMILES string of the molecule is Cc1ccccc1-c1nnc(S[C@@H](C)C(=O)Nc2ccc(Cl)cc2)n1C. The predicted molar refractivity (Wildman–Crippen MR) is 107 cm³/mol. The van der Waals surface area contributed by atoms with Gasteiger partial charge in [-0.1, -0.05) is 47.6 Å². The molecule has 1 aromatic heterocycles. The first-order chi connectivity index (χ1) is 12.5. The first kappa shape index (κ1) is 18.5. The average molecular weight is 387 g/mol. The van der Waals surface area contributed by atoms with Crippen molar-refractivity contribution in [3.8, 4) is 11.4 Å². The van der Waals surface area contributed by atoms with E-state index in [1.807, 2.05) is 49.7 Å². The number of rotatable bonds is 5. The standard InChI is InChI=1S/C19H19ClN4OS/c1-12-6-4-5-7-16(12)17-22-23-19(24(17)3)26-13(2)18(25)21-15-10-8-14(20)9-11-15/h4-11,13H,1-3H3,(H,21,25)/t13-/m0/s1. The number of nitrogens with one attached hydrogen (secondary N) is 1. The topological polar surface area (TPSA) is 59.8 Å². The zero-order valence-electron chi connectivity index (χ0n) is 14.7. The van der Waals surface area contributed by atoms with E-state index in [0.29, 0.717) is 15.9 Å². The normalized spacial score (nSPS) is 12.0. The summed E-state index contributed by atoms with van der Waals surface area (Å²) in [6.45, 7) is 3.89. The van der Waals surface area contributed by atoms with E-state index in [2.05, 4.69) is 15.5 Å². The summed E-state index contributed by atoms with van der Waals surface area (Å²) in [5.41, 5.74) is 2.88. The minimum absolute atomic E-state index is 0.0993. The van der Waals surface area contributed by atoms with E-state index in [-0.39, 0.29) is 11.2 Å². The van der Waals surface area contributed by atoms with Crippen LogP contribution < -0.4 is 5.32 Å². The number of hydrogen-bond acceptors (Lipinski definition) is 4. The Hall–Kier alpha value is -2.31. The molecule has 0 radical (unpaired) electrons. The van der Waals surface area contributed by atoms with Crippen LogP contribution in [0.25, 0.3) is 11.4 Å². The molecule has 1 amide bonds. The molecule has 1 atom stereocenters. The molecule has 3 aromatic rings. The largest absolute Gasteiger partial charge is 0.325 e. The Kier molecular flexibility index (Phi) is 5.64. The molecule has 134 valence electrons. The van der Waals surface area contributed by atoms with Gasteiger partial charge in [0.1, 0.15) is 0 Å². The van der Waals surface area contributed by atoms with Crippen molar-refractivity contribution in [2.75, 3.05) is 5.32 Å². The highest BCUT2D eigenvalue weighted by Crippen LogP contribution is 2.27. The number of aryl methyl sites for hydroxylation is 1. The number of thioether (sulfide) groups is 1. The molecule has 0 aliphatic carbocycles. The summed E-state index contributed by atoms with van der Waals surface area (Å²) in [7, 11) is 1.91. The Labute approximate surface area is 161 Å². The Morgan fingerprint density at radius 1 is 1.15 bits per heavy atom. The van der Waals surface area contributed by atoms with Crippen LogP contribution in [0, 0.1) is 6.92 Å². The molecule has 7 heteroatoms. The quantitative estimate of drug-likeness (QED) is 0.653. The smallest absolute Gasteiger partial charge is 0.237 e. The van der Waals surface area contributed by atoms with Gasteiger partial charge in [-0.3, -0.25) is 4.79 Å². The van der Waals surface area contributed by atoms with Gasteiger partial charge in [0.2, 0.25) is 5.91 Å². The maximum absolute atomic E-state index is 12.4. The number of aromatic nitrogens is 3. The lowest BCUT2D eigenvalue weighted by Crippen LogP contribution is -2.22. The molecule has 1 N–H and O–H groups in total. The molecule has 0 aliphatic heterocycles. The molecule has 0 bridgehead atoms. The van der Waals surface area contributed by atoms with E-state index in [4.69, 9.17) is 11.6 Å². The number of carbonyl (C=O) groups excluding carboxylic acids is 1. The minimum Gasteiger partial charge on any atom is -0.325 e. The van der Waals surface area contributed by atoms with Gasteiger partial charge in [0.25, 0.3) is 0 Å². The highest BCUT2D eigenvalue weighted by molar-refractivity contribution is 8.00. The van der Waals surface area contributed by atoms with Gasteiger partial charge < -0.3 is 9.88 Å².